The van der Waals surface area contributed by atoms with E-state index in [1.165, 1.54) is 70.2 Å². The maximum absolute atomic E-state index is 3.95. The molecule has 3 aromatic carbocycles. The Kier molecular flexibility index (Phi) is 9.52. The van der Waals surface area contributed by atoms with Crippen LogP contribution >= 0.6 is 0 Å². The quantitative estimate of drug-likeness (QED) is 0.190. The third-order valence-electron chi connectivity index (χ3n) is 7.01. The summed E-state index contributed by atoms with van der Waals surface area (Å²) in [5.41, 5.74) is 10.9. The molecule has 0 saturated heterocycles. The van der Waals surface area contributed by atoms with Crippen molar-refractivity contribution >= 4 is 0 Å². The summed E-state index contributed by atoms with van der Waals surface area (Å²) in [6.45, 7) is 16.9. The monoisotopic (exact) mass is 450 g/mol. The van der Waals surface area contributed by atoms with Crippen LogP contribution in [-0.4, -0.2) is 0 Å². The largest absolute Gasteiger partial charge is 0.103 e. The van der Waals surface area contributed by atoms with Gasteiger partial charge in [-0.25, -0.2) is 0 Å². The number of aryl methyl sites for hydroxylation is 2. The smallest absolute Gasteiger partial charge is 0.0146 e. The Morgan fingerprint density at radius 3 is 1.85 bits per heavy atom. The van der Waals surface area contributed by atoms with Crippen LogP contribution in [0, 0.1) is 13.8 Å². The third kappa shape index (κ3) is 6.60. The lowest BCUT2D eigenvalue weighted by atomic mass is 9.81. The molecule has 0 atom stereocenters. The molecule has 3 rings (SSSR count). The molecule has 0 radical (unpaired) electrons. The summed E-state index contributed by atoms with van der Waals surface area (Å²) in [5, 5.41) is 0. The van der Waals surface area contributed by atoms with E-state index in [2.05, 4.69) is 114 Å². The predicted molar refractivity (Wildman–Crippen MR) is 152 cm³/mol. The van der Waals surface area contributed by atoms with Crippen molar-refractivity contribution in [3.05, 3.63) is 108 Å². The first-order valence-electron chi connectivity index (χ1n) is 13.0. The zero-order valence-electron chi connectivity index (χ0n) is 21.7. The van der Waals surface area contributed by atoms with Crippen LogP contribution in [0.15, 0.2) is 86.0 Å². The Balaban J connectivity index is 2.12. The van der Waals surface area contributed by atoms with Crippen molar-refractivity contribution in [2.24, 2.45) is 0 Å². The minimum absolute atomic E-state index is 0.532. The van der Waals surface area contributed by atoms with Gasteiger partial charge in [-0.1, -0.05) is 92.2 Å². The number of benzene rings is 3. The molecule has 178 valence electrons. The highest BCUT2D eigenvalue weighted by Gasteiger charge is 2.19. The highest BCUT2D eigenvalue weighted by atomic mass is 14.2. The summed E-state index contributed by atoms with van der Waals surface area (Å²) < 4.78 is 0. The van der Waals surface area contributed by atoms with E-state index in [0.29, 0.717) is 11.8 Å². The molecular weight excluding hydrogens is 408 g/mol. The van der Waals surface area contributed by atoms with Crippen molar-refractivity contribution < 1.29 is 0 Å². The molecule has 0 bridgehead atoms. The van der Waals surface area contributed by atoms with Gasteiger partial charge in [0.25, 0.3) is 0 Å². The van der Waals surface area contributed by atoms with Gasteiger partial charge in [0.2, 0.25) is 0 Å². The van der Waals surface area contributed by atoms with E-state index in [1.54, 1.807) is 0 Å². The zero-order chi connectivity index (χ0) is 24.5. The fourth-order valence-electron chi connectivity index (χ4n) is 4.89. The zero-order valence-corrected chi connectivity index (χ0v) is 21.7. The van der Waals surface area contributed by atoms with Crippen LogP contribution in [0.3, 0.4) is 0 Å². The van der Waals surface area contributed by atoms with Gasteiger partial charge in [0.15, 0.2) is 0 Å². The first-order valence-corrected chi connectivity index (χ1v) is 13.0. The van der Waals surface area contributed by atoms with Crippen LogP contribution in [0.4, 0.5) is 0 Å². The van der Waals surface area contributed by atoms with Crippen molar-refractivity contribution in [3.8, 4) is 22.3 Å². The van der Waals surface area contributed by atoms with E-state index in [1.807, 2.05) is 0 Å². The van der Waals surface area contributed by atoms with Crippen molar-refractivity contribution in [1.29, 1.82) is 0 Å². The van der Waals surface area contributed by atoms with Gasteiger partial charge in [-0.05, 0) is 103 Å². The minimum atomic E-state index is 0.532. The van der Waals surface area contributed by atoms with E-state index < -0.39 is 0 Å². The van der Waals surface area contributed by atoms with E-state index >= 15 is 0 Å². The Hall–Kier alpha value is -2.86. The SMILES string of the molecule is C=CCCCC(CCCC=C)c1cc(-c2ccc(C)cc2)ccc1-c1ccc(C(C)C)cc1C. The topological polar surface area (TPSA) is 0 Å². The van der Waals surface area contributed by atoms with Gasteiger partial charge in [0.05, 0.1) is 0 Å². The van der Waals surface area contributed by atoms with Crippen molar-refractivity contribution in [1.82, 2.24) is 0 Å². The first kappa shape index (κ1) is 25.8. The van der Waals surface area contributed by atoms with Crippen LogP contribution in [-0.2, 0) is 0 Å². The highest BCUT2D eigenvalue weighted by Crippen LogP contribution is 2.39. The van der Waals surface area contributed by atoms with Crippen molar-refractivity contribution in [2.75, 3.05) is 0 Å². The maximum atomic E-state index is 3.95. The molecule has 0 heterocycles. The van der Waals surface area contributed by atoms with E-state index in [-0.39, 0.29) is 0 Å². The highest BCUT2D eigenvalue weighted by molar-refractivity contribution is 5.76. The molecule has 34 heavy (non-hydrogen) atoms. The van der Waals surface area contributed by atoms with Gasteiger partial charge in [-0.3, -0.25) is 0 Å². The fraction of sp³-hybridized carbons (Fsp3) is 0.353. The average Bonchev–Trinajstić information content (AvgIpc) is 2.83. The van der Waals surface area contributed by atoms with Gasteiger partial charge in [-0.15, -0.1) is 13.2 Å². The van der Waals surface area contributed by atoms with E-state index in [4.69, 9.17) is 0 Å². The number of allylic oxidation sites excluding steroid dienone is 2. The first-order chi connectivity index (χ1) is 16.4. The second kappa shape index (κ2) is 12.6. The molecule has 0 unspecified atom stereocenters. The number of hydrogen-bond acceptors (Lipinski definition) is 0. The van der Waals surface area contributed by atoms with Crippen LogP contribution in [0.1, 0.15) is 86.5 Å². The van der Waals surface area contributed by atoms with Crippen LogP contribution in [0.25, 0.3) is 22.3 Å². The minimum Gasteiger partial charge on any atom is -0.103 e. The molecule has 3 aromatic rings. The molecule has 0 spiro atoms. The standard InChI is InChI=1S/C34H42/c1-7-9-11-13-29(14-12-10-8-2)34-24-31(28-17-15-26(5)16-18-28)20-22-33(34)32-21-19-30(25(3)4)23-27(32)6/h7-8,15-25,29H,1-2,9-14H2,3-6H3. The molecule has 0 nitrogen and oxygen atoms in total. The maximum Gasteiger partial charge on any atom is -0.0146 e. The molecule has 0 N–H and O–H groups in total. The molecular formula is C34H42. The average molecular weight is 451 g/mol. The summed E-state index contributed by atoms with van der Waals surface area (Å²) in [5.74, 6) is 1.08. The third-order valence-corrected chi connectivity index (χ3v) is 7.01. The van der Waals surface area contributed by atoms with Crippen molar-refractivity contribution in [2.45, 2.75) is 78.1 Å². The van der Waals surface area contributed by atoms with Crippen LogP contribution < -0.4 is 0 Å². The molecule has 0 amide bonds. The Morgan fingerprint density at radius 1 is 0.706 bits per heavy atom. The second-order valence-corrected chi connectivity index (χ2v) is 10.0. The Bertz CT molecular complexity index is 1070. The van der Waals surface area contributed by atoms with E-state index in [9.17, 15) is 0 Å². The molecule has 0 aliphatic heterocycles. The normalized spacial score (nSPS) is 11.2. The Labute approximate surface area is 208 Å². The lowest BCUT2D eigenvalue weighted by Gasteiger charge is -2.23. The lowest BCUT2D eigenvalue weighted by molar-refractivity contribution is 0.539. The number of hydrogen-bond donors (Lipinski definition) is 0. The van der Waals surface area contributed by atoms with E-state index in [0.717, 1.165) is 12.8 Å². The van der Waals surface area contributed by atoms with Crippen molar-refractivity contribution in [3.63, 3.8) is 0 Å². The summed E-state index contributed by atoms with van der Waals surface area (Å²) in [4.78, 5) is 0. The lowest BCUT2D eigenvalue weighted by Crippen LogP contribution is -2.03. The number of unbranched alkanes of at least 4 members (excludes halogenated alkanes) is 2. The molecule has 0 fully saturated rings. The van der Waals surface area contributed by atoms with Crippen LogP contribution in [0.5, 0.6) is 0 Å². The summed E-state index contributed by atoms with van der Waals surface area (Å²) >= 11 is 0. The molecule has 0 heteroatoms. The van der Waals surface area contributed by atoms with Gasteiger partial charge < -0.3 is 0 Å². The van der Waals surface area contributed by atoms with Gasteiger partial charge in [0.1, 0.15) is 0 Å². The molecule has 0 saturated carbocycles. The Morgan fingerprint density at radius 2 is 1.29 bits per heavy atom. The molecule has 0 aromatic heterocycles. The fourth-order valence-corrected chi connectivity index (χ4v) is 4.89. The molecule has 0 aliphatic carbocycles. The summed E-state index contributed by atoms with van der Waals surface area (Å²) in [6, 6.07) is 23.1. The summed E-state index contributed by atoms with van der Waals surface area (Å²) in [6.07, 6.45) is 11.0. The van der Waals surface area contributed by atoms with Gasteiger partial charge in [-0.2, -0.15) is 0 Å². The summed E-state index contributed by atoms with van der Waals surface area (Å²) in [7, 11) is 0. The van der Waals surface area contributed by atoms with Crippen LogP contribution in [0.2, 0.25) is 0 Å². The predicted octanol–water partition coefficient (Wildman–Crippen LogP) is 10.6. The molecule has 0 aliphatic rings. The van der Waals surface area contributed by atoms with Gasteiger partial charge in [0, 0.05) is 0 Å². The number of rotatable bonds is 12. The second-order valence-electron chi connectivity index (χ2n) is 10.0. The van der Waals surface area contributed by atoms with Gasteiger partial charge >= 0.3 is 0 Å².